The first-order valence-corrected chi connectivity index (χ1v) is 8.70. The predicted octanol–water partition coefficient (Wildman–Crippen LogP) is 0.978. The van der Waals surface area contributed by atoms with Crippen LogP contribution in [0.3, 0.4) is 0 Å². The molecule has 5 nitrogen and oxygen atoms in total. The Morgan fingerprint density at radius 3 is 2.26 bits per heavy atom. The van der Waals surface area contributed by atoms with Crippen molar-refractivity contribution in [3.05, 3.63) is 0 Å². The number of hydrogen-bond acceptors (Lipinski definition) is 4. The van der Waals surface area contributed by atoms with E-state index in [-0.39, 0.29) is 5.25 Å². The molecule has 0 aliphatic carbocycles. The highest BCUT2D eigenvalue weighted by atomic mass is 32.2. The molecule has 0 aromatic heterocycles. The van der Waals surface area contributed by atoms with Gasteiger partial charge in [0.05, 0.1) is 5.25 Å². The van der Waals surface area contributed by atoms with Gasteiger partial charge in [-0.05, 0) is 47.0 Å². The Hall–Kier alpha value is -0.170. The maximum atomic E-state index is 12.4. The van der Waals surface area contributed by atoms with E-state index in [4.69, 9.17) is 0 Å². The molecule has 0 fully saturated rings. The molecule has 0 aliphatic rings. The lowest BCUT2D eigenvalue weighted by Gasteiger charge is -2.25. The van der Waals surface area contributed by atoms with Gasteiger partial charge in [-0.25, -0.2) is 12.7 Å². The van der Waals surface area contributed by atoms with Crippen LogP contribution in [0, 0.1) is 0 Å². The van der Waals surface area contributed by atoms with E-state index in [1.165, 1.54) is 0 Å². The van der Waals surface area contributed by atoms with Crippen LogP contribution in [-0.4, -0.2) is 69.7 Å². The Morgan fingerprint density at radius 1 is 1.16 bits per heavy atom. The van der Waals surface area contributed by atoms with Crippen LogP contribution < -0.4 is 5.32 Å². The molecule has 1 unspecified atom stereocenters. The molecule has 19 heavy (non-hydrogen) atoms. The first-order chi connectivity index (χ1) is 8.86. The molecule has 0 amide bonds. The van der Waals surface area contributed by atoms with E-state index in [9.17, 15) is 8.42 Å². The van der Waals surface area contributed by atoms with E-state index in [1.54, 1.807) is 11.2 Å². The standard InChI is InChI=1S/C13H31N3O2S/c1-6-9-14-12-13(3)19(17,18)16(7-2)11-8-10-15(4)5/h13-14H,6-12H2,1-5H3. The molecule has 0 aliphatic heterocycles. The van der Waals surface area contributed by atoms with Crippen molar-refractivity contribution in [3.63, 3.8) is 0 Å². The Bertz CT molecular complexity index is 318. The molecule has 6 heteroatoms. The molecular formula is C13H31N3O2S. The summed E-state index contributed by atoms with van der Waals surface area (Å²) in [4.78, 5) is 2.08. The van der Waals surface area contributed by atoms with E-state index in [0.29, 0.717) is 19.6 Å². The quantitative estimate of drug-likeness (QED) is 0.577. The third-order valence-electron chi connectivity index (χ3n) is 3.09. The lowest BCUT2D eigenvalue weighted by molar-refractivity contribution is 0.353. The van der Waals surface area contributed by atoms with Gasteiger partial charge in [0.25, 0.3) is 0 Å². The Kier molecular flexibility index (Phi) is 9.60. The van der Waals surface area contributed by atoms with Crippen molar-refractivity contribution < 1.29 is 8.42 Å². The summed E-state index contributed by atoms with van der Waals surface area (Å²) in [5, 5.41) is 2.82. The summed E-state index contributed by atoms with van der Waals surface area (Å²) in [5.41, 5.74) is 0. The minimum Gasteiger partial charge on any atom is -0.315 e. The molecule has 0 saturated heterocycles. The van der Waals surface area contributed by atoms with Gasteiger partial charge in [0.15, 0.2) is 0 Å². The summed E-state index contributed by atoms with van der Waals surface area (Å²) in [7, 11) is 0.827. The second kappa shape index (κ2) is 9.69. The van der Waals surface area contributed by atoms with E-state index in [1.807, 2.05) is 21.0 Å². The average Bonchev–Trinajstić information content (AvgIpc) is 2.34. The predicted molar refractivity (Wildman–Crippen MR) is 82.0 cm³/mol. The fraction of sp³-hybridized carbons (Fsp3) is 1.00. The van der Waals surface area contributed by atoms with Crippen molar-refractivity contribution >= 4 is 10.0 Å². The van der Waals surface area contributed by atoms with Gasteiger partial charge in [-0.3, -0.25) is 0 Å². The molecule has 116 valence electrons. The maximum absolute atomic E-state index is 12.4. The SMILES string of the molecule is CCCNCC(C)S(=O)(=O)N(CC)CCCN(C)C. The van der Waals surface area contributed by atoms with Crippen molar-refractivity contribution in [2.24, 2.45) is 0 Å². The monoisotopic (exact) mass is 293 g/mol. The summed E-state index contributed by atoms with van der Waals surface area (Å²) in [6, 6.07) is 0. The molecule has 0 heterocycles. The lowest BCUT2D eigenvalue weighted by atomic mass is 10.4. The summed E-state index contributed by atoms with van der Waals surface area (Å²) < 4.78 is 26.4. The third-order valence-corrected chi connectivity index (χ3v) is 5.44. The van der Waals surface area contributed by atoms with Gasteiger partial charge in [-0.15, -0.1) is 0 Å². The number of sulfonamides is 1. The number of nitrogens with one attached hydrogen (secondary N) is 1. The van der Waals surface area contributed by atoms with Crippen LogP contribution in [0.4, 0.5) is 0 Å². The zero-order valence-electron chi connectivity index (χ0n) is 13.1. The normalized spacial score (nSPS) is 14.3. The molecular weight excluding hydrogens is 262 g/mol. The van der Waals surface area contributed by atoms with Gasteiger partial charge in [-0.1, -0.05) is 13.8 Å². The molecule has 0 radical (unpaired) electrons. The molecule has 0 saturated carbocycles. The highest BCUT2D eigenvalue weighted by Gasteiger charge is 2.26. The van der Waals surface area contributed by atoms with Crippen LogP contribution >= 0.6 is 0 Å². The van der Waals surface area contributed by atoms with Crippen LogP contribution in [0.1, 0.15) is 33.6 Å². The maximum Gasteiger partial charge on any atom is 0.217 e. The molecule has 0 spiro atoms. The fourth-order valence-corrected chi connectivity index (χ4v) is 3.45. The van der Waals surface area contributed by atoms with E-state index < -0.39 is 10.0 Å². The highest BCUT2D eigenvalue weighted by Crippen LogP contribution is 2.09. The van der Waals surface area contributed by atoms with Gasteiger partial charge in [0.1, 0.15) is 0 Å². The van der Waals surface area contributed by atoms with Gasteiger partial charge >= 0.3 is 0 Å². The van der Waals surface area contributed by atoms with Crippen LogP contribution in [0.15, 0.2) is 0 Å². The smallest absolute Gasteiger partial charge is 0.217 e. The minimum atomic E-state index is -3.18. The van der Waals surface area contributed by atoms with Gasteiger partial charge in [0.2, 0.25) is 10.0 Å². The van der Waals surface area contributed by atoms with Crippen LogP contribution in [0.2, 0.25) is 0 Å². The minimum absolute atomic E-state index is 0.363. The Labute approximate surface area is 119 Å². The summed E-state index contributed by atoms with van der Waals surface area (Å²) >= 11 is 0. The van der Waals surface area contributed by atoms with E-state index in [2.05, 4.69) is 17.1 Å². The van der Waals surface area contributed by atoms with Gasteiger partial charge in [-0.2, -0.15) is 0 Å². The van der Waals surface area contributed by atoms with Crippen molar-refractivity contribution in [2.45, 2.75) is 38.9 Å². The van der Waals surface area contributed by atoms with Crippen LogP contribution in [0.25, 0.3) is 0 Å². The van der Waals surface area contributed by atoms with Crippen molar-refractivity contribution in [3.8, 4) is 0 Å². The van der Waals surface area contributed by atoms with Gasteiger partial charge < -0.3 is 10.2 Å². The fourth-order valence-electron chi connectivity index (χ4n) is 1.87. The van der Waals surface area contributed by atoms with Crippen molar-refractivity contribution in [1.29, 1.82) is 0 Å². The molecule has 0 aromatic carbocycles. The van der Waals surface area contributed by atoms with Crippen molar-refractivity contribution in [1.82, 2.24) is 14.5 Å². The lowest BCUT2D eigenvalue weighted by Crippen LogP contribution is -2.43. The average molecular weight is 293 g/mol. The van der Waals surface area contributed by atoms with E-state index in [0.717, 1.165) is 25.9 Å². The summed E-state index contributed by atoms with van der Waals surface area (Å²) in [5.74, 6) is 0. The molecule has 0 bridgehead atoms. The van der Waals surface area contributed by atoms with Gasteiger partial charge in [0, 0.05) is 19.6 Å². The third kappa shape index (κ3) is 7.25. The molecule has 1 N–H and O–H groups in total. The first kappa shape index (κ1) is 18.8. The first-order valence-electron chi connectivity index (χ1n) is 7.20. The topological polar surface area (TPSA) is 52.7 Å². The van der Waals surface area contributed by atoms with E-state index >= 15 is 0 Å². The second-order valence-corrected chi connectivity index (χ2v) is 7.56. The molecule has 1 atom stereocenters. The highest BCUT2D eigenvalue weighted by molar-refractivity contribution is 7.89. The van der Waals surface area contributed by atoms with Crippen LogP contribution in [0.5, 0.6) is 0 Å². The zero-order valence-corrected chi connectivity index (χ0v) is 14.0. The zero-order chi connectivity index (χ0) is 14.9. The van der Waals surface area contributed by atoms with Crippen molar-refractivity contribution in [2.75, 3.05) is 46.8 Å². The second-order valence-electron chi connectivity index (χ2n) is 5.21. The Morgan fingerprint density at radius 2 is 1.79 bits per heavy atom. The Balaban J connectivity index is 4.38. The summed E-state index contributed by atoms with van der Waals surface area (Å²) in [6.07, 6.45) is 1.89. The number of rotatable bonds is 11. The molecule has 0 rings (SSSR count). The number of nitrogens with zero attached hydrogens (tertiary/aromatic N) is 2. The van der Waals surface area contributed by atoms with Crippen LogP contribution in [-0.2, 0) is 10.0 Å². The summed E-state index contributed by atoms with van der Waals surface area (Å²) in [6.45, 7) is 9.22. The molecule has 0 aromatic rings. The largest absolute Gasteiger partial charge is 0.315 e. The number of hydrogen-bond donors (Lipinski definition) is 1.